The van der Waals surface area contributed by atoms with E-state index < -0.39 is 12.0 Å². The third-order valence-electron chi connectivity index (χ3n) is 3.64. The maximum Gasteiger partial charge on any atom is 0.325 e. The molecule has 0 amide bonds. The molecule has 1 atom stereocenters. The molecule has 0 radical (unpaired) electrons. The van der Waals surface area contributed by atoms with E-state index in [1.807, 2.05) is 17.0 Å². The van der Waals surface area contributed by atoms with Crippen molar-refractivity contribution in [1.29, 1.82) is 0 Å². The van der Waals surface area contributed by atoms with Gasteiger partial charge in [0.15, 0.2) is 0 Å². The van der Waals surface area contributed by atoms with Crippen LogP contribution in [0.1, 0.15) is 22.0 Å². The third kappa shape index (κ3) is 3.31. The van der Waals surface area contributed by atoms with E-state index in [0.717, 1.165) is 13.0 Å². The maximum atomic E-state index is 11.7. The molecule has 2 heterocycles. The number of hydrogen-bond donors (Lipinski definition) is 1. The molecule has 0 saturated heterocycles. The number of rotatable bonds is 3. The molecule has 1 aromatic heterocycles. The number of carboxylic acids is 1. The lowest BCUT2D eigenvalue weighted by Gasteiger charge is -2.32. The Morgan fingerprint density at radius 3 is 2.81 bits per heavy atom. The Labute approximate surface area is 142 Å². The van der Waals surface area contributed by atoms with Crippen LogP contribution >= 0.6 is 39.9 Å². The first-order valence-electron chi connectivity index (χ1n) is 6.43. The van der Waals surface area contributed by atoms with Crippen LogP contribution < -0.4 is 0 Å². The lowest BCUT2D eigenvalue weighted by molar-refractivity contribution is -0.144. The minimum atomic E-state index is -0.850. The molecule has 1 aromatic carbocycles. The molecule has 0 unspecified atom stereocenters. The number of nitrogens with zero attached hydrogens (tertiary/aromatic N) is 1. The molecule has 0 fully saturated rings. The Bertz CT molecular complexity index is 646. The van der Waals surface area contributed by atoms with Crippen LogP contribution in [0.3, 0.4) is 0 Å². The van der Waals surface area contributed by atoms with Gasteiger partial charge in [0.25, 0.3) is 0 Å². The Morgan fingerprint density at radius 1 is 1.33 bits per heavy atom. The van der Waals surface area contributed by atoms with Crippen LogP contribution in [0.15, 0.2) is 35.7 Å². The lowest BCUT2D eigenvalue weighted by atomic mass is 10.0. The number of hydrogen-bond acceptors (Lipinski definition) is 3. The van der Waals surface area contributed by atoms with Gasteiger partial charge in [-0.25, -0.2) is 0 Å². The van der Waals surface area contributed by atoms with Crippen LogP contribution in [0.4, 0.5) is 0 Å². The summed E-state index contributed by atoms with van der Waals surface area (Å²) < 4.78 is 0. The molecular formula is C15H15BrClNO2S. The molecule has 0 saturated carbocycles. The zero-order valence-corrected chi connectivity index (χ0v) is 14.4. The maximum absolute atomic E-state index is 11.7. The molecule has 112 valence electrons. The van der Waals surface area contributed by atoms with Crippen LogP contribution in [0.25, 0.3) is 0 Å². The summed E-state index contributed by atoms with van der Waals surface area (Å²) >= 11 is 7.92. The molecule has 0 aliphatic carbocycles. The van der Waals surface area contributed by atoms with E-state index in [4.69, 9.17) is 11.6 Å². The minimum absolute atomic E-state index is 0. The highest BCUT2D eigenvalue weighted by Crippen LogP contribution is 2.33. The van der Waals surface area contributed by atoms with E-state index in [2.05, 4.69) is 11.4 Å². The Morgan fingerprint density at radius 2 is 2.10 bits per heavy atom. The standard InChI is InChI=1S/C15H14ClNO2S.BrH/c16-12-4-2-1-3-11(12)14(15(18)19)17-7-5-13-10(9-17)6-8-20-13;/h1-4,6,8,14H,5,7,9H2,(H,18,19);1H/t14-;/m0./s1. The quantitative estimate of drug-likeness (QED) is 0.858. The number of halogens is 2. The molecule has 1 N–H and O–H groups in total. The summed E-state index contributed by atoms with van der Waals surface area (Å²) in [5, 5.41) is 12.2. The van der Waals surface area contributed by atoms with Crippen LogP contribution in [0.5, 0.6) is 0 Å². The number of aliphatic carboxylic acids is 1. The van der Waals surface area contributed by atoms with Crippen molar-refractivity contribution in [2.75, 3.05) is 6.54 Å². The molecule has 3 nitrogen and oxygen atoms in total. The van der Waals surface area contributed by atoms with E-state index in [0.29, 0.717) is 17.1 Å². The van der Waals surface area contributed by atoms with Gasteiger partial charge >= 0.3 is 5.97 Å². The van der Waals surface area contributed by atoms with Gasteiger partial charge in [0, 0.05) is 23.0 Å². The monoisotopic (exact) mass is 387 g/mol. The highest BCUT2D eigenvalue weighted by atomic mass is 79.9. The number of fused-ring (bicyclic) bond motifs is 1. The van der Waals surface area contributed by atoms with Crippen LogP contribution in [-0.2, 0) is 17.8 Å². The van der Waals surface area contributed by atoms with Crippen LogP contribution in [0, 0.1) is 0 Å². The normalized spacial score (nSPS) is 15.9. The van der Waals surface area contributed by atoms with E-state index in [-0.39, 0.29) is 17.0 Å². The number of benzene rings is 1. The highest BCUT2D eigenvalue weighted by molar-refractivity contribution is 8.93. The Kier molecular flexibility index (Phi) is 5.43. The second kappa shape index (κ2) is 6.92. The minimum Gasteiger partial charge on any atom is -0.480 e. The van der Waals surface area contributed by atoms with E-state index in [1.54, 1.807) is 23.5 Å². The fraction of sp³-hybridized carbons (Fsp3) is 0.267. The SMILES string of the molecule is Br.O=C(O)[C@H](c1ccccc1Cl)N1CCc2sccc2C1. The van der Waals surface area contributed by atoms with Crippen LogP contribution in [0.2, 0.25) is 5.02 Å². The predicted molar refractivity (Wildman–Crippen MR) is 90.6 cm³/mol. The third-order valence-corrected chi connectivity index (χ3v) is 5.00. The molecule has 0 spiro atoms. The zero-order valence-electron chi connectivity index (χ0n) is 11.2. The van der Waals surface area contributed by atoms with Gasteiger partial charge in [0.2, 0.25) is 0 Å². The number of carboxylic acid groups (broad SMARTS) is 1. The topological polar surface area (TPSA) is 40.5 Å². The van der Waals surface area contributed by atoms with Gasteiger partial charge in [-0.1, -0.05) is 29.8 Å². The summed E-state index contributed by atoms with van der Waals surface area (Å²) in [5.41, 5.74) is 1.90. The van der Waals surface area contributed by atoms with Gasteiger partial charge in [-0.2, -0.15) is 0 Å². The average Bonchev–Trinajstić information content (AvgIpc) is 2.88. The average molecular weight is 389 g/mol. The van der Waals surface area contributed by atoms with E-state index >= 15 is 0 Å². The highest BCUT2D eigenvalue weighted by Gasteiger charge is 2.31. The summed E-state index contributed by atoms with van der Waals surface area (Å²) in [6.07, 6.45) is 0.904. The van der Waals surface area contributed by atoms with Gasteiger partial charge in [0.1, 0.15) is 6.04 Å². The molecule has 3 rings (SSSR count). The molecule has 2 aromatic rings. The fourth-order valence-corrected chi connectivity index (χ4v) is 3.80. The zero-order chi connectivity index (χ0) is 14.1. The summed E-state index contributed by atoms with van der Waals surface area (Å²) in [5.74, 6) is -0.850. The first-order chi connectivity index (χ1) is 9.66. The molecule has 0 bridgehead atoms. The smallest absolute Gasteiger partial charge is 0.325 e. The van der Waals surface area contributed by atoms with Crippen molar-refractivity contribution in [3.05, 3.63) is 56.7 Å². The predicted octanol–water partition coefficient (Wildman–Crippen LogP) is 4.16. The van der Waals surface area contributed by atoms with Crippen molar-refractivity contribution >= 4 is 45.9 Å². The number of thiophene rings is 1. The van der Waals surface area contributed by atoms with E-state index in [1.165, 1.54) is 10.4 Å². The first-order valence-corrected chi connectivity index (χ1v) is 7.69. The van der Waals surface area contributed by atoms with Crippen LogP contribution in [-0.4, -0.2) is 22.5 Å². The second-order valence-electron chi connectivity index (χ2n) is 4.85. The van der Waals surface area contributed by atoms with Crippen molar-refractivity contribution in [3.8, 4) is 0 Å². The molecule has 6 heteroatoms. The first kappa shape index (κ1) is 16.5. The Hall–Kier alpha value is -0.880. The summed E-state index contributed by atoms with van der Waals surface area (Å²) in [7, 11) is 0. The van der Waals surface area contributed by atoms with Gasteiger partial charge in [0.05, 0.1) is 0 Å². The van der Waals surface area contributed by atoms with E-state index in [9.17, 15) is 9.90 Å². The lowest BCUT2D eigenvalue weighted by Crippen LogP contribution is -2.37. The summed E-state index contributed by atoms with van der Waals surface area (Å²) in [4.78, 5) is 15.1. The fourth-order valence-electron chi connectivity index (χ4n) is 2.67. The van der Waals surface area contributed by atoms with Gasteiger partial charge in [-0.3, -0.25) is 9.69 Å². The Balaban J connectivity index is 0.00000161. The molecule has 21 heavy (non-hydrogen) atoms. The van der Waals surface area contributed by atoms with Crippen molar-refractivity contribution < 1.29 is 9.90 Å². The second-order valence-corrected chi connectivity index (χ2v) is 6.26. The van der Waals surface area contributed by atoms with Crippen molar-refractivity contribution in [2.24, 2.45) is 0 Å². The van der Waals surface area contributed by atoms with Crippen molar-refractivity contribution in [2.45, 2.75) is 19.0 Å². The van der Waals surface area contributed by atoms with Crippen molar-refractivity contribution in [1.82, 2.24) is 4.90 Å². The van der Waals surface area contributed by atoms with Gasteiger partial charge in [-0.15, -0.1) is 28.3 Å². The van der Waals surface area contributed by atoms with Gasteiger partial charge in [-0.05, 0) is 35.1 Å². The summed E-state index contributed by atoms with van der Waals surface area (Å²) in [6.45, 7) is 1.41. The number of carbonyl (C=O) groups is 1. The molecule has 1 aliphatic heterocycles. The van der Waals surface area contributed by atoms with Crippen molar-refractivity contribution in [3.63, 3.8) is 0 Å². The van der Waals surface area contributed by atoms with Gasteiger partial charge < -0.3 is 5.11 Å². The largest absolute Gasteiger partial charge is 0.480 e. The summed E-state index contributed by atoms with van der Waals surface area (Å²) in [6, 6.07) is 8.58. The molecular weight excluding hydrogens is 374 g/mol. The molecule has 1 aliphatic rings.